The van der Waals surface area contributed by atoms with Crippen molar-refractivity contribution < 1.29 is 14.3 Å². The van der Waals surface area contributed by atoms with Gasteiger partial charge in [0.25, 0.3) is 5.91 Å². The summed E-state index contributed by atoms with van der Waals surface area (Å²) in [7, 11) is 0. The van der Waals surface area contributed by atoms with Crippen LogP contribution in [0.3, 0.4) is 0 Å². The lowest BCUT2D eigenvalue weighted by molar-refractivity contribution is -0.124. The molecule has 1 aliphatic heterocycles. The first-order valence-corrected chi connectivity index (χ1v) is 5.45. The third-order valence-corrected chi connectivity index (χ3v) is 2.72. The molecule has 6 heteroatoms. The molecule has 1 atom stereocenters. The van der Waals surface area contributed by atoms with E-state index in [0.29, 0.717) is 18.0 Å². The molecule has 0 saturated heterocycles. The summed E-state index contributed by atoms with van der Waals surface area (Å²) in [6.45, 7) is 1.87. The molecule has 2 rings (SSSR count). The Morgan fingerprint density at radius 2 is 2.29 bits per heavy atom. The Morgan fingerprint density at radius 1 is 1.59 bits per heavy atom. The van der Waals surface area contributed by atoms with E-state index in [0.717, 1.165) is 10.5 Å². The minimum Gasteiger partial charge on any atom is -0.479 e. The third-order valence-electron chi connectivity index (χ3n) is 2.55. The largest absolute Gasteiger partial charge is 0.479 e. The van der Waals surface area contributed by atoms with Crippen molar-refractivity contribution in [2.45, 2.75) is 19.6 Å². The summed E-state index contributed by atoms with van der Waals surface area (Å²) in [5.74, 6) is -0.0324. The molecule has 1 aliphatic rings. The first kappa shape index (κ1) is 11.9. The number of benzene rings is 1. The smallest absolute Gasteiger partial charge is 0.327 e. The summed E-state index contributed by atoms with van der Waals surface area (Å²) in [6.07, 6.45) is -0.728. The lowest BCUT2D eigenvalue weighted by Gasteiger charge is -2.30. The van der Waals surface area contributed by atoms with Crippen molar-refractivity contribution in [2.24, 2.45) is 5.73 Å². The number of fused-ring (bicyclic) bond motifs is 1. The van der Waals surface area contributed by atoms with Crippen molar-refractivity contribution in [1.29, 1.82) is 0 Å². The second-order valence-corrected chi connectivity index (χ2v) is 4.02. The minimum atomic E-state index is -0.847. The molecule has 1 unspecified atom stereocenters. The number of anilines is 1. The summed E-state index contributed by atoms with van der Waals surface area (Å²) >= 11 is 5.42. The molecule has 0 radical (unpaired) electrons. The Morgan fingerprint density at radius 3 is 2.88 bits per heavy atom. The molecule has 2 N–H and O–H groups in total. The number of halogens is 1. The zero-order valence-corrected chi connectivity index (χ0v) is 9.90. The summed E-state index contributed by atoms with van der Waals surface area (Å²) in [5.41, 5.74) is 6.64. The standard InChI is InChI=1S/C11H11ClN2O3/c1-6-10(15)14(11(12)16)8-4-7(5-13)2-3-9(8)17-6/h2-4,6H,5,13H2,1H3. The van der Waals surface area contributed by atoms with Gasteiger partial charge >= 0.3 is 5.37 Å². The Kier molecular flexibility index (Phi) is 3.04. The average molecular weight is 255 g/mol. The average Bonchev–Trinajstić information content (AvgIpc) is 2.29. The van der Waals surface area contributed by atoms with E-state index in [2.05, 4.69) is 0 Å². The summed E-state index contributed by atoms with van der Waals surface area (Å²) in [4.78, 5) is 24.0. The number of carbonyl (C=O) groups excluding carboxylic acids is 2. The molecule has 5 nitrogen and oxygen atoms in total. The van der Waals surface area contributed by atoms with Gasteiger partial charge in [0.1, 0.15) is 5.75 Å². The van der Waals surface area contributed by atoms with Gasteiger partial charge in [-0.2, -0.15) is 0 Å². The maximum atomic E-state index is 11.8. The van der Waals surface area contributed by atoms with Crippen LogP contribution in [0.25, 0.3) is 0 Å². The van der Waals surface area contributed by atoms with Crippen LogP contribution in [0.15, 0.2) is 18.2 Å². The number of hydrogen-bond acceptors (Lipinski definition) is 4. The maximum Gasteiger partial charge on any atom is 0.327 e. The highest BCUT2D eigenvalue weighted by Gasteiger charge is 2.35. The van der Waals surface area contributed by atoms with Crippen LogP contribution in [0, 0.1) is 0 Å². The van der Waals surface area contributed by atoms with E-state index in [1.807, 2.05) is 0 Å². The van der Waals surface area contributed by atoms with Crippen LogP contribution >= 0.6 is 11.6 Å². The Bertz CT molecular complexity index is 490. The number of carbonyl (C=O) groups is 2. The van der Waals surface area contributed by atoms with Gasteiger partial charge in [0.2, 0.25) is 0 Å². The van der Waals surface area contributed by atoms with Gasteiger partial charge in [0.05, 0.1) is 5.69 Å². The van der Waals surface area contributed by atoms with E-state index in [9.17, 15) is 9.59 Å². The van der Waals surface area contributed by atoms with Gasteiger partial charge in [0.15, 0.2) is 6.10 Å². The van der Waals surface area contributed by atoms with E-state index in [1.165, 1.54) is 0 Å². The predicted octanol–water partition coefficient (Wildman–Crippen LogP) is 1.62. The molecule has 2 amide bonds. The van der Waals surface area contributed by atoms with Crippen molar-refractivity contribution in [1.82, 2.24) is 0 Å². The highest BCUT2D eigenvalue weighted by molar-refractivity contribution is 6.68. The van der Waals surface area contributed by atoms with Crippen LogP contribution < -0.4 is 15.4 Å². The fourth-order valence-corrected chi connectivity index (χ4v) is 1.86. The molecule has 0 bridgehead atoms. The fourth-order valence-electron chi connectivity index (χ4n) is 1.69. The van der Waals surface area contributed by atoms with Crippen LogP contribution in [0.1, 0.15) is 12.5 Å². The highest BCUT2D eigenvalue weighted by atomic mass is 35.5. The second kappa shape index (κ2) is 4.35. The van der Waals surface area contributed by atoms with Gasteiger partial charge in [0, 0.05) is 6.54 Å². The van der Waals surface area contributed by atoms with E-state index >= 15 is 0 Å². The van der Waals surface area contributed by atoms with E-state index in [4.69, 9.17) is 22.1 Å². The maximum absolute atomic E-state index is 11.8. The normalized spacial score (nSPS) is 18.6. The van der Waals surface area contributed by atoms with Crippen molar-refractivity contribution in [3.05, 3.63) is 23.8 Å². The first-order chi connectivity index (χ1) is 8.04. The molecular weight excluding hydrogens is 244 g/mol. The van der Waals surface area contributed by atoms with Crippen LogP contribution in [0.2, 0.25) is 0 Å². The van der Waals surface area contributed by atoms with Crippen molar-refractivity contribution in [3.63, 3.8) is 0 Å². The quantitative estimate of drug-likeness (QED) is 0.611. The van der Waals surface area contributed by atoms with E-state index in [1.54, 1.807) is 25.1 Å². The molecule has 1 aromatic rings. The molecule has 90 valence electrons. The second-order valence-electron chi connectivity index (χ2n) is 3.69. The lowest BCUT2D eigenvalue weighted by atomic mass is 10.1. The molecule has 0 aliphatic carbocycles. The Balaban J connectivity index is 2.55. The molecule has 1 heterocycles. The van der Waals surface area contributed by atoms with Crippen LogP contribution in [-0.2, 0) is 11.3 Å². The van der Waals surface area contributed by atoms with Crippen LogP contribution in [-0.4, -0.2) is 17.4 Å². The molecule has 17 heavy (non-hydrogen) atoms. The molecule has 0 spiro atoms. The molecule has 0 aromatic heterocycles. The zero-order chi connectivity index (χ0) is 12.6. The number of nitrogens with two attached hydrogens (primary N) is 1. The highest BCUT2D eigenvalue weighted by Crippen LogP contribution is 2.35. The van der Waals surface area contributed by atoms with Gasteiger partial charge in [-0.25, -0.2) is 4.90 Å². The Labute approximate surface area is 103 Å². The summed E-state index contributed by atoms with van der Waals surface area (Å²) < 4.78 is 5.38. The third kappa shape index (κ3) is 1.99. The van der Waals surface area contributed by atoms with Crippen molar-refractivity contribution >= 4 is 28.6 Å². The van der Waals surface area contributed by atoms with E-state index < -0.39 is 17.4 Å². The molecule has 0 fully saturated rings. The first-order valence-electron chi connectivity index (χ1n) is 5.07. The number of rotatable bonds is 1. The molecule has 1 aromatic carbocycles. The fraction of sp³-hybridized carbons (Fsp3) is 0.273. The molecular formula is C11H11ClN2O3. The van der Waals surface area contributed by atoms with Crippen molar-refractivity contribution in [2.75, 3.05) is 4.90 Å². The van der Waals surface area contributed by atoms with Crippen LogP contribution in [0.4, 0.5) is 10.5 Å². The van der Waals surface area contributed by atoms with Gasteiger partial charge in [-0.1, -0.05) is 6.07 Å². The SMILES string of the molecule is CC1Oc2ccc(CN)cc2N(C(=O)Cl)C1=O. The number of imide groups is 1. The van der Waals surface area contributed by atoms with E-state index in [-0.39, 0.29) is 0 Å². The topological polar surface area (TPSA) is 72.6 Å². The number of nitrogens with zero attached hydrogens (tertiary/aromatic N) is 1. The minimum absolute atomic E-state index is 0.307. The van der Waals surface area contributed by atoms with Gasteiger partial charge in [-0.05, 0) is 36.2 Å². The number of ether oxygens (including phenoxy) is 1. The monoisotopic (exact) mass is 254 g/mol. The molecule has 0 saturated carbocycles. The van der Waals surface area contributed by atoms with Crippen molar-refractivity contribution in [3.8, 4) is 5.75 Å². The summed E-state index contributed by atoms with van der Waals surface area (Å²) in [5, 5.41) is -0.847. The number of amides is 2. The van der Waals surface area contributed by atoms with Gasteiger partial charge in [-0.15, -0.1) is 0 Å². The van der Waals surface area contributed by atoms with Crippen LogP contribution in [0.5, 0.6) is 5.75 Å². The number of hydrogen-bond donors (Lipinski definition) is 1. The van der Waals surface area contributed by atoms with Gasteiger partial charge < -0.3 is 10.5 Å². The summed E-state index contributed by atoms with van der Waals surface area (Å²) in [6, 6.07) is 5.07. The van der Waals surface area contributed by atoms with Gasteiger partial charge in [-0.3, -0.25) is 9.59 Å². The zero-order valence-electron chi connectivity index (χ0n) is 9.14. The Hall–Kier alpha value is -1.59. The predicted molar refractivity (Wildman–Crippen MR) is 63.2 cm³/mol. The lowest BCUT2D eigenvalue weighted by Crippen LogP contribution is -2.45.